The molecule has 5 nitrogen and oxygen atoms in total. The van der Waals surface area contributed by atoms with Crippen molar-refractivity contribution in [3.8, 4) is 0 Å². The molecule has 7 heteroatoms. The highest BCUT2D eigenvalue weighted by Crippen LogP contribution is 2.28. The van der Waals surface area contributed by atoms with Crippen molar-refractivity contribution < 1.29 is 17.6 Å². The summed E-state index contributed by atoms with van der Waals surface area (Å²) in [5.74, 6) is -0.755. The number of nitrogens with one attached hydrogen (secondary N) is 1. The quantitative estimate of drug-likeness (QED) is 0.821. The minimum atomic E-state index is -3.80. The number of pyridine rings is 1. The summed E-state index contributed by atoms with van der Waals surface area (Å²) in [7, 11) is -3.80. The first-order valence-corrected chi connectivity index (χ1v) is 8.66. The maximum Gasteiger partial charge on any atom is 0.219 e. The number of benzene rings is 1. The molecule has 2 aromatic rings. The number of carbonyl (C=O) groups excluding carboxylic acids is 1. The molecule has 0 bridgehead atoms. The molecule has 0 saturated carbocycles. The van der Waals surface area contributed by atoms with Gasteiger partial charge < -0.3 is 5.32 Å². The summed E-state index contributed by atoms with van der Waals surface area (Å²) >= 11 is 0. The van der Waals surface area contributed by atoms with Crippen molar-refractivity contribution >= 4 is 15.7 Å². The van der Waals surface area contributed by atoms with Gasteiger partial charge in [-0.05, 0) is 35.9 Å². The number of carbonyl (C=O) groups is 1. The van der Waals surface area contributed by atoms with Gasteiger partial charge in [-0.3, -0.25) is 9.78 Å². The Morgan fingerprint density at radius 1 is 1.26 bits per heavy atom. The van der Waals surface area contributed by atoms with Crippen LogP contribution in [0.2, 0.25) is 0 Å². The molecule has 0 spiro atoms. The number of hydrogen-bond acceptors (Lipinski definition) is 4. The first-order valence-electron chi connectivity index (χ1n) is 7.11. The zero-order chi connectivity index (χ0) is 16.9. The molecule has 23 heavy (non-hydrogen) atoms. The molecule has 0 aliphatic rings. The molecule has 1 amide bonds. The number of rotatable bonds is 6. The van der Waals surface area contributed by atoms with Crippen LogP contribution < -0.4 is 5.32 Å². The predicted molar refractivity (Wildman–Crippen MR) is 83.9 cm³/mol. The Bertz CT molecular complexity index is 762. The van der Waals surface area contributed by atoms with Crippen LogP contribution in [0.15, 0.2) is 53.7 Å². The summed E-state index contributed by atoms with van der Waals surface area (Å²) in [4.78, 5) is 15.4. The van der Waals surface area contributed by atoms with E-state index in [0.29, 0.717) is 5.56 Å². The van der Waals surface area contributed by atoms with Crippen LogP contribution in [-0.2, 0) is 14.6 Å². The fraction of sp³-hybridized carbons (Fsp3) is 0.250. The largest absolute Gasteiger partial charge is 0.354 e. The molecule has 1 heterocycles. The number of amides is 1. The topological polar surface area (TPSA) is 76.1 Å². The molecular formula is C16H17FN2O3S. The summed E-state index contributed by atoms with van der Waals surface area (Å²) in [5, 5.41) is 1.61. The Morgan fingerprint density at radius 2 is 1.96 bits per heavy atom. The van der Waals surface area contributed by atoms with Crippen molar-refractivity contribution in [1.29, 1.82) is 0 Å². The van der Waals surface area contributed by atoms with Crippen LogP contribution in [0, 0.1) is 5.82 Å². The highest BCUT2D eigenvalue weighted by atomic mass is 32.2. The van der Waals surface area contributed by atoms with E-state index in [0.717, 1.165) is 12.1 Å². The third-order valence-corrected chi connectivity index (χ3v) is 5.50. The molecule has 1 atom stereocenters. The fourth-order valence-electron chi connectivity index (χ4n) is 2.09. The van der Waals surface area contributed by atoms with Crippen LogP contribution in [0.1, 0.15) is 24.2 Å². The third kappa shape index (κ3) is 4.13. The van der Waals surface area contributed by atoms with Crippen molar-refractivity contribution in [2.24, 2.45) is 0 Å². The Kier molecular flexibility index (Phi) is 5.44. The number of hydrogen-bond donors (Lipinski definition) is 1. The van der Waals surface area contributed by atoms with E-state index in [1.54, 1.807) is 19.1 Å². The number of aromatic nitrogens is 1. The molecule has 2 rings (SSSR count). The van der Waals surface area contributed by atoms with Crippen LogP contribution in [0.5, 0.6) is 0 Å². The van der Waals surface area contributed by atoms with Gasteiger partial charge in [0.1, 0.15) is 11.1 Å². The Labute approximate surface area is 134 Å². The lowest BCUT2D eigenvalue weighted by Gasteiger charge is -2.18. The first kappa shape index (κ1) is 17.1. The van der Waals surface area contributed by atoms with E-state index in [1.807, 2.05) is 0 Å². The summed E-state index contributed by atoms with van der Waals surface area (Å²) in [5.41, 5.74) is 0.466. The second kappa shape index (κ2) is 7.32. The van der Waals surface area contributed by atoms with Crippen LogP contribution in [-0.4, -0.2) is 25.9 Å². The molecule has 1 aromatic carbocycles. The van der Waals surface area contributed by atoms with Gasteiger partial charge >= 0.3 is 0 Å². The summed E-state index contributed by atoms with van der Waals surface area (Å²) < 4.78 is 38.7. The SMILES string of the molecule is CCC(=O)NC[C@H](c1cccnc1)S(=O)(=O)c1ccc(F)cc1. The average Bonchev–Trinajstić information content (AvgIpc) is 2.56. The number of nitrogens with zero attached hydrogens (tertiary/aromatic N) is 1. The van der Waals surface area contributed by atoms with Crippen molar-refractivity contribution in [3.05, 3.63) is 60.2 Å². The summed E-state index contributed by atoms with van der Waals surface area (Å²) in [6.07, 6.45) is 3.25. The maximum absolute atomic E-state index is 13.0. The fourth-order valence-corrected chi connectivity index (χ4v) is 3.74. The van der Waals surface area contributed by atoms with E-state index in [1.165, 1.54) is 24.5 Å². The van der Waals surface area contributed by atoms with Crippen LogP contribution >= 0.6 is 0 Å². The van der Waals surface area contributed by atoms with E-state index in [9.17, 15) is 17.6 Å². The van der Waals surface area contributed by atoms with Gasteiger partial charge in [0.15, 0.2) is 9.84 Å². The van der Waals surface area contributed by atoms with Crippen molar-refractivity contribution in [1.82, 2.24) is 10.3 Å². The minimum absolute atomic E-state index is 0.00139. The number of sulfone groups is 1. The van der Waals surface area contributed by atoms with Crippen molar-refractivity contribution in [2.75, 3.05) is 6.54 Å². The monoisotopic (exact) mass is 336 g/mol. The van der Waals surface area contributed by atoms with E-state index in [2.05, 4.69) is 10.3 Å². The van der Waals surface area contributed by atoms with Gasteiger partial charge in [0.2, 0.25) is 5.91 Å². The zero-order valence-electron chi connectivity index (χ0n) is 12.6. The molecule has 0 unspecified atom stereocenters. The summed E-state index contributed by atoms with van der Waals surface area (Å²) in [6.45, 7) is 1.61. The molecule has 122 valence electrons. The molecule has 0 aliphatic carbocycles. The van der Waals surface area contributed by atoms with Gasteiger partial charge in [0.25, 0.3) is 0 Å². The predicted octanol–water partition coefficient (Wildman–Crippen LogP) is 2.26. The zero-order valence-corrected chi connectivity index (χ0v) is 13.4. The molecule has 0 saturated heterocycles. The minimum Gasteiger partial charge on any atom is -0.354 e. The van der Waals surface area contributed by atoms with Gasteiger partial charge in [0, 0.05) is 25.4 Å². The van der Waals surface area contributed by atoms with Crippen LogP contribution in [0.25, 0.3) is 0 Å². The van der Waals surface area contributed by atoms with Crippen LogP contribution in [0.3, 0.4) is 0 Å². The first-order chi connectivity index (χ1) is 10.9. The molecule has 0 aliphatic heterocycles. The smallest absolute Gasteiger partial charge is 0.219 e. The second-order valence-electron chi connectivity index (χ2n) is 4.93. The molecule has 0 radical (unpaired) electrons. The van der Waals surface area contributed by atoms with Gasteiger partial charge in [-0.25, -0.2) is 12.8 Å². The van der Waals surface area contributed by atoms with E-state index >= 15 is 0 Å². The second-order valence-corrected chi connectivity index (χ2v) is 7.06. The molecule has 0 fully saturated rings. The lowest BCUT2D eigenvalue weighted by Crippen LogP contribution is -2.31. The summed E-state index contributed by atoms with van der Waals surface area (Å²) in [6, 6.07) is 7.89. The van der Waals surface area contributed by atoms with E-state index in [-0.39, 0.29) is 23.8 Å². The molecule has 1 aromatic heterocycles. The Hall–Kier alpha value is -2.28. The highest BCUT2D eigenvalue weighted by molar-refractivity contribution is 7.91. The average molecular weight is 336 g/mol. The van der Waals surface area contributed by atoms with Crippen LogP contribution in [0.4, 0.5) is 4.39 Å². The number of halogens is 1. The van der Waals surface area contributed by atoms with Gasteiger partial charge in [-0.15, -0.1) is 0 Å². The highest BCUT2D eigenvalue weighted by Gasteiger charge is 2.29. The molecule has 1 N–H and O–H groups in total. The lowest BCUT2D eigenvalue weighted by molar-refractivity contribution is -0.120. The molecular weight excluding hydrogens is 319 g/mol. The normalized spacial score (nSPS) is 12.6. The van der Waals surface area contributed by atoms with Crippen molar-refractivity contribution in [2.45, 2.75) is 23.5 Å². The van der Waals surface area contributed by atoms with E-state index < -0.39 is 20.9 Å². The standard InChI is InChI=1S/C16H17FN2O3S/c1-2-16(20)19-11-15(12-4-3-9-18-10-12)23(21,22)14-7-5-13(17)6-8-14/h3-10,15H,2,11H2,1H3,(H,19,20)/t15-/m1/s1. The Balaban J connectivity index is 2.39. The van der Waals surface area contributed by atoms with E-state index in [4.69, 9.17) is 0 Å². The lowest BCUT2D eigenvalue weighted by atomic mass is 10.2. The van der Waals surface area contributed by atoms with Gasteiger partial charge in [0.05, 0.1) is 4.90 Å². The third-order valence-electron chi connectivity index (χ3n) is 3.38. The Morgan fingerprint density at radius 3 is 2.52 bits per heavy atom. The van der Waals surface area contributed by atoms with Gasteiger partial charge in [-0.2, -0.15) is 0 Å². The van der Waals surface area contributed by atoms with Gasteiger partial charge in [-0.1, -0.05) is 13.0 Å². The van der Waals surface area contributed by atoms with Crippen molar-refractivity contribution in [3.63, 3.8) is 0 Å². The maximum atomic E-state index is 13.0.